The highest BCUT2D eigenvalue weighted by molar-refractivity contribution is 5.95. The van der Waals surface area contributed by atoms with E-state index in [1.807, 2.05) is 53.6 Å². The maximum absolute atomic E-state index is 12.4. The molecule has 0 unspecified atom stereocenters. The zero-order chi connectivity index (χ0) is 16.9. The Morgan fingerprint density at radius 2 is 2.08 bits per heavy atom. The third-order valence-electron chi connectivity index (χ3n) is 4.04. The summed E-state index contributed by atoms with van der Waals surface area (Å²) in [6.45, 7) is 5.40. The lowest BCUT2D eigenvalue weighted by molar-refractivity contribution is 0.0952. The number of benzene rings is 1. The summed E-state index contributed by atoms with van der Waals surface area (Å²) in [4.78, 5) is 16.4. The first kappa shape index (κ1) is 16.0. The van der Waals surface area contributed by atoms with Gasteiger partial charge < -0.3 is 9.88 Å². The van der Waals surface area contributed by atoms with Gasteiger partial charge in [-0.25, -0.2) is 9.67 Å². The maximum Gasteiger partial charge on any atom is 0.254 e. The fourth-order valence-corrected chi connectivity index (χ4v) is 2.65. The Balaban J connectivity index is 1.62. The van der Waals surface area contributed by atoms with Crippen molar-refractivity contribution in [2.24, 2.45) is 0 Å². The molecule has 0 radical (unpaired) electrons. The van der Waals surface area contributed by atoms with Crippen molar-refractivity contribution in [3.05, 3.63) is 66.0 Å². The SMILES string of the molecule is Cc1ccccc1-n1ncc(C(=O)NCCCn2ccnc2)c1C. The Hall–Kier alpha value is -2.89. The first-order valence-electron chi connectivity index (χ1n) is 8.01. The number of hydrogen-bond acceptors (Lipinski definition) is 3. The normalized spacial score (nSPS) is 10.8. The van der Waals surface area contributed by atoms with Gasteiger partial charge in [0.05, 0.1) is 29.5 Å². The van der Waals surface area contributed by atoms with Gasteiger partial charge in [-0.1, -0.05) is 18.2 Å². The van der Waals surface area contributed by atoms with E-state index in [0.717, 1.165) is 29.9 Å². The van der Waals surface area contributed by atoms with E-state index in [1.165, 1.54) is 0 Å². The Labute approximate surface area is 141 Å². The van der Waals surface area contributed by atoms with Crippen LogP contribution in [0.25, 0.3) is 5.69 Å². The number of hydrogen-bond donors (Lipinski definition) is 1. The van der Waals surface area contributed by atoms with Gasteiger partial charge >= 0.3 is 0 Å². The standard InChI is InChI=1S/C18H21N5O/c1-14-6-3-4-7-17(14)23-15(2)16(12-21-23)18(24)20-8-5-10-22-11-9-19-13-22/h3-4,6-7,9,11-13H,5,8,10H2,1-2H3,(H,20,24). The molecule has 0 fully saturated rings. The molecule has 6 nitrogen and oxygen atoms in total. The number of nitrogens with one attached hydrogen (secondary N) is 1. The number of imidazole rings is 1. The van der Waals surface area contributed by atoms with Gasteiger partial charge in [0.2, 0.25) is 0 Å². The van der Waals surface area contributed by atoms with E-state index in [0.29, 0.717) is 12.1 Å². The third kappa shape index (κ3) is 3.37. The van der Waals surface area contributed by atoms with Gasteiger partial charge in [0.15, 0.2) is 0 Å². The Morgan fingerprint density at radius 1 is 1.25 bits per heavy atom. The summed E-state index contributed by atoms with van der Waals surface area (Å²) in [6.07, 6.45) is 7.93. The first-order valence-corrected chi connectivity index (χ1v) is 8.01. The molecule has 1 N–H and O–H groups in total. The van der Waals surface area contributed by atoms with Crippen LogP contribution >= 0.6 is 0 Å². The quantitative estimate of drug-likeness (QED) is 0.709. The van der Waals surface area contributed by atoms with Crippen molar-refractivity contribution >= 4 is 5.91 Å². The van der Waals surface area contributed by atoms with Crippen LogP contribution in [-0.4, -0.2) is 31.8 Å². The molecular formula is C18H21N5O. The molecule has 0 spiro atoms. The fraction of sp³-hybridized carbons (Fsp3) is 0.278. The molecule has 3 aromatic rings. The summed E-state index contributed by atoms with van der Waals surface area (Å²) in [6, 6.07) is 8.00. The predicted molar refractivity (Wildman–Crippen MR) is 92.2 cm³/mol. The molecule has 1 amide bonds. The smallest absolute Gasteiger partial charge is 0.254 e. The second kappa shape index (κ2) is 7.12. The molecule has 6 heteroatoms. The topological polar surface area (TPSA) is 64.7 Å². The van der Waals surface area contributed by atoms with Crippen molar-refractivity contribution in [1.29, 1.82) is 0 Å². The minimum atomic E-state index is -0.0852. The summed E-state index contributed by atoms with van der Waals surface area (Å²) in [7, 11) is 0. The van der Waals surface area contributed by atoms with Crippen LogP contribution in [0, 0.1) is 13.8 Å². The highest BCUT2D eigenvalue weighted by Gasteiger charge is 2.15. The first-order chi connectivity index (χ1) is 11.7. The molecule has 1 aromatic carbocycles. The molecule has 0 atom stereocenters. The number of carbonyl (C=O) groups is 1. The Kier molecular flexibility index (Phi) is 4.74. The van der Waals surface area contributed by atoms with Gasteiger partial charge in [-0.2, -0.15) is 5.10 Å². The maximum atomic E-state index is 12.4. The van der Waals surface area contributed by atoms with Crippen LogP contribution in [0.1, 0.15) is 28.0 Å². The molecule has 0 aliphatic carbocycles. The van der Waals surface area contributed by atoms with Crippen LogP contribution in [0.2, 0.25) is 0 Å². The van der Waals surface area contributed by atoms with Crippen LogP contribution < -0.4 is 5.32 Å². The van der Waals surface area contributed by atoms with Gasteiger partial charge in [-0.15, -0.1) is 0 Å². The van der Waals surface area contributed by atoms with Gasteiger partial charge in [-0.05, 0) is 31.9 Å². The average molecular weight is 323 g/mol. The van der Waals surface area contributed by atoms with Crippen molar-refractivity contribution in [3.63, 3.8) is 0 Å². The highest BCUT2D eigenvalue weighted by atomic mass is 16.1. The molecule has 24 heavy (non-hydrogen) atoms. The summed E-state index contributed by atoms with van der Waals surface area (Å²) in [5.41, 5.74) is 3.57. The highest BCUT2D eigenvalue weighted by Crippen LogP contribution is 2.17. The average Bonchev–Trinajstić information content (AvgIpc) is 3.22. The molecule has 0 aliphatic rings. The number of rotatable bonds is 6. The van der Waals surface area contributed by atoms with E-state index < -0.39 is 0 Å². The number of carbonyl (C=O) groups excluding carboxylic acids is 1. The van der Waals surface area contributed by atoms with E-state index in [-0.39, 0.29) is 5.91 Å². The number of aromatic nitrogens is 4. The van der Waals surface area contributed by atoms with Crippen LogP contribution in [0.15, 0.2) is 49.2 Å². The predicted octanol–water partition coefficient (Wildman–Crippen LogP) is 2.51. The minimum absolute atomic E-state index is 0.0852. The number of amides is 1. The van der Waals surface area contributed by atoms with E-state index in [1.54, 1.807) is 18.7 Å². The van der Waals surface area contributed by atoms with Gasteiger partial charge in [0.1, 0.15) is 0 Å². The summed E-state index contributed by atoms with van der Waals surface area (Å²) in [5.74, 6) is -0.0852. The van der Waals surface area contributed by atoms with E-state index >= 15 is 0 Å². The van der Waals surface area contributed by atoms with Gasteiger partial charge in [0, 0.05) is 25.5 Å². The Bertz CT molecular complexity index is 820. The second-order valence-corrected chi connectivity index (χ2v) is 5.75. The molecule has 3 rings (SSSR count). The minimum Gasteiger partial charge on any atom is -0.352 e. The molecule has 2 heterocycles. The molecule has 0 saturated heterocycles. The lowest BCUT2D eigenvalue weighted by Crippen LogP contribution is -2.25. The van der Waals surface area contributed by atoms with Crippen LogP contribution in [-0.2, 0) is 6.54 Å². The summed E-state index contributed by atoms with van der Waals surface area (Å²) >= 11 is 0. The van der Waals surface area contributed by atoms with Crippen LogP contribution in [0.3, 0.4) is 0 Å². The van der Waals surface area contributed by atoms with Crippen molar-refractivity contribution in [2.75, 3.05) is 6.54 Å². The number of para-hydroxylation sites is 1. The summed E-state index contributed by atoms with van der Waals surface area (Å²) in [5, 5.41) is 7.34. The molecule has 124 valence electrons. The van der Waals surface area contributed by atoms with E-state index in [9.17, 15) is 4.79 Å². The molecular weight excluding hydrogens is 302 g/mol. The third-order valence-corrected chi connectivity index (χ3v) is 4.04. The van der Waals surface area contributed by atoms with Crippen molar-refractivity contribution in [3.8, 4) is 5.69 Å². The second-order valence-electron chi connectivity index (χ2n) is 5.75. The van der Waals surface area contributed by atoms with Gasteiger partial charge in [-0.3, -0.25) is 4.79 Å². The zero-order valence-corrected chi connectivity index (χ0v) is 13.9. The van der Waals surface area contributed by atoms with Crippen molar-refractivity contribution in [2.45, 2.75) is 26.8 Å². The lowest BCUT2D eigenvalue weighted by Gasteiger charge is -2.09. The van der Waals surface area contributed by atoms with Crippen LogP contribution in [0.5, 0.6) is 0 Å². The van der Waals surface area contributed by atoms with Gasteiger partial charge in [0.25, 0.3) is 5.91 Å². The fourth-order valence-electron chi connectivity index (χ4n) is 2.65. The number of nitrogens with zero attached hydrogens (tertiary/aromatic N) is 4. The number of aryl methyl sites for hydroxylation is 2. The molecule has 0 aliphatic heterocycles. The van der Waals surface area contributed by atoms with E-state index in [2.05, 4.69) is 15.4 Å². The van der Waals surface area contributed by atoms with E-state index in [4.69, 9.17) is 0 Å². The largest absolute Gasteiger partial charge is 0.352 e. The van der Waals surface area contributed by atoms with Crippen LogP contribution in [0.4, 0.5) is 0 Å². The zero-order valence-electron chi connectivity index (χ0n) is 13.9. The summed E-state index contributed by atoms with van der Waals surface area (Å²) < 4.78 is 3.81. The molecule has 0 saturated carbocycles. The molecule has 0 bridgehead atoms. The van der Waals surface area contributed by atoms with Crippen molar-refractivity contribution in [1.82, 2.24) is 24.6 Å². The van der Waals surface area contributed by atoms with Crippen molar-refractivity contribution < 1.29 is 4.79 Å². The monoisotopic (exact) mass is 323 g/mol. The lowest BCUT2D eigenvalue weighted by atomic mass is 10.2. The Morgan fingerprint density at radius 3 is 2.83 bits per heavy atom. The molecule has 2 aromatic heterocycles.